The number of halogens is 1. The average Bonchev–Trinajstić information content (AvgIpc) is 2.84. The molecule has 1 saturated heterocycles. The van der Waals surface area contributed by atoms with Crippen molar-refractivity contribution in [3.8, 4) is 0 Å². The van der Waals surface area contributed by atoms with Crippen LogP contribution in [0.25, 0.3) is 0 Å². The van der Waals surface area contributed by atoms with E-state index in [-0.39, 0.29) is 12.2 Å². The number of aliphatic carboxylic acids is 1. The van der Waals surface area contributed by atoms with Gasteiger partial charge in [0, 0.05) is 42.5 Å². The van der Waals surface area contributed by atoms with Crippen molar-refractivity contribution < 1.29 is 19.4 Å². The van der Waals surface area contributed by atoms with E-state index >= 15 is 0 Å². The molecule has 35 heavy (non-hydrogen) atoms. The Balaban J connectivity index is 1.32. The highest BCUT2D eigenvalue weighted by atomic mass is 35.5. The fourth-order valence-electron chi connectivity index (χ4n) is 3.82. The van der Waals surface area contributed by atoms with Crippen molar-refractivity contribution in [3.63, 3.8) is 0 Å². The van der Waals surface area contributed by atoms with Crippen LogP contribution in [0.15, 0.2) is 54.7 Å². The van der Waals surface area contributed by atoms with Crippen molar-refractivity contribution in [3.05, 3.63) is 70.9 Å². The lowest BCUT2D eigenvalue weighted by Crippen LogP contribution is -2.47. The van der Waals surface area contributed by atoms with Crippen molar-refractivity contribution in [1.29, 1.82) is 0 Å². The van der Waals surface area contributed by atoms with E-state index in [2.05, 4.69) is 25.4 Å². The van der Waals surface area contributed by atoms with Gasteiger partial charge in [-0.25, -0.2) is 4.79 Å². The molecule has 1 aromatic heterocycles. The third-order valence-electron chi connectivity index (χ3n) is 5.62. The van der Waals surface area contributed by atoms with Crippen LogP contribution in [0.1, 0.15) is 24.2 Å². The van der Waals surface area contributed by atoms with E-state index in [0.717, 1.165) is 24.3 Å². The first-order valence-electron chi connectivity index (χ1n) is 11.1. The Hall–Kier alpha value is -3.92. The number of rotatable bonds is 7. The number of hydrogen-bond donors (Lipinski definition) is 2. The number of carboxylic acids is 1. The third-order valence-corrected chi connectivity index (χ3v) is 5.97. The second kappa shape index (κ2) is 11.0. The van der Waals surface area contributed by atoms with Crippen LogP contribution >= 0.6 is 11.6 Å². The second-order valence-electron chi connectivity index (χ2n) is 8.05. The van der Waals surface area contributed by atoms with Crippen LogP contribution in [-0.4, -0.2) is 58.5 Å². The van der Waals surface area contributed by atoms with Gasteiger partial charge in [0.05, 0.1) is 12.6 Å². The molecule has 1 fully saturated rings. The predicted octanol–water partition coefficient (Wildman–Crippen LogP) is 3.79. The number of carbonyl (C=O) groups excluding carboxylic acids is 1. The maximum absolute atomic E-state index is 12.4. The van der Waals surface area contributed by atoms with Crippen molar-refractivity contribution >= 4 is 41.1 Å². The van der Waals surface area contributed by atoms with Crippen molar-refractivity contribution in [1.82, 2.24) is 15.2 Å². The van der Waals surface area contributed by atoms with E-state index in [0.29, 0.717) is 29.6 Å². The van der Waals surface area contributed by atoms with Crippen LogP contribution < -0.4 is 15.1 Å². The van der Waals surface area contributed by atoms with Crippen molar-refractivity contribution in [2.75, 3.05) is 41.3 Å². The number of ether oxygens (including phenoxy) is 1. The van der Waals surface area contributed by atoms with E-state index in [9.17, 15) is 9.59 Å². The fourth-order valence-corrected chi connectivity index (χ4v) is 4.10. The summed E-state index contributed by atoms with van der Waals surface area (Å²) >= 11 is 6.17. The molecule has 0 bridgehead atoms. The Labute approximate surface area is 207 Å². The monoisotopic (exact) mass is 496 g/mol. The van der Waals surface area contributed by atoms with Gasteiger partial charge in [-0.2, -0.15) is 10.1 Å². The number of hydrogen-bond acceptors (Lipinski definition) is 8. The maximum atomic E-state index is 12.4. The van der Waals surface area contributed by atoms with Gasteiger partial charge in [-0.05, 0) is 30.7 Å². The van der Waals surface area contributed by atoms with Crippen LogP contribution in [0.5, 0.6) is 0 Å². The van der Waals surface area contributed by atoms with Gasteiger partial charge in [-0.15, -0.1) is 5.10 Å². The number of anilines is 3. The van der Waals surface area contributed by atoms with Crippen molar-refractivity contribution in [2.24, 2.45) is 0 Å². The Morgan fingerprint density at radius 3 is 2.46 bits per heavy atom. The zero-order valence-corrected chi connectivity index (χ0v) is 19.9. The Bertz CT molecular complexity index is 1180. The number of nitrogens with one attached hydrogen (secondary N) is 1. The largest absolute Gasteiger partial charge is 0.481 e. The van der Waals surface area contributed by atoms with Crippen molar-refractivity contribution in [2.45, 2.75) is 19.4 Å². The minimum atomic E-state index is -0.847. The molecule has 182 valence electrons. The molecule has 0 spiro atoms. The number of amides is 1. The minimum Gasteiger partial charge on any atom is -0.481 e. The van der Waals surface area contributed by atoms with Crippen LogP contribution in [0.3, 0.4) is 0 Å². The molecule has 1 aliphatic rings. The van der Waals surface area contributed by atoms with Gasteiger partial charge >= 0.3 is 12.1 Å². The first-order valence-corrected chi connectivity index (χ1v) is 11.5. The summed E-state index contributed by atoms with van der Waals surface area (Å²) < 4.78 is 5.42. The normalized spacial score (nSPS) is 14.3. The molecule has 0 aliphatic carbocycles. The Morgan fingerprint density at radius 1 is 1.09 bits per heavy atom. The highest BCUT2D eigenvalue weighted by Gasteiger charge is 2.21. The lowest BCUT2D eigenvalue weighted by molar-refractivity contribution is -0.136. The topological polar surface area (TPSA) is 121 Å². The molecule has 1 aliphatic heterocycles. The molecule has 3 aromatic rings. The molecular formula is C24H25ClN6O4. The molecule has 10 nitrogen and oxygen atoms in total. The summed E-state index contributed by atoms with van der Waals surface area (Å²) in [5.41, 5.74) is 2.51. The number of carbonyl (C=O) groups is 2. The number of piperazine rings is 1. The minimum absolute atomic E-state index is 0.00916. The third kappa shape index (κ3) is 6.36. The van der Waals surface area contributed by atoms with Gasteiger partial charge in [0.2, 0.25) is 5.95 Å². The molecule has 0 radical (unpaired) electrons. The summed E-state index contributed by atoms with van der Waals surface area (Å²) in [6.45, 7) is 4.53. The summed E-state index contributed by atoms with van der Waals surface area (Å²) in [6, 6.07) is 14.7. The lowest BCUT2D eigenvalue weighted by Gasteiger charge is -2.36. The summed E-state index contributed by atoms with van der Waals surface area (Å²) in [6.07, 6.45) is 0.166. The van der Waals surface area contributed by atoms with Gasteiger partial charge in [0.15, 0.2) is 5.82 Å². The smallest absolute Gasteiger partial charge is 0.413 e. The summed E-state index contributed by atoms with van der Waals surface area (Å²) in [7, 11) is 0. The molecule has 1 amide bonds. The van der Waals surface area contributed by atoms with Gasteiger partial charge in [-0.1, -0.05) is 41.9 Å². The standard InChI is InChI=1S/C24H25ClN6O4/c1-16(19-4-2-3-5-20(19)25)35-24(34)28-21-15-26-29-23(27-21)31-12-10-30(11-13-31)18-8-6-17(7-9-18)14-22(32)33/h2-9,15-16H,10-14H2,1H3,(H,32,33)(H,27,28,29,34). The van der Waals surface area contributed by atoms with Gasteiger partial charge in [-0.3, -0.25) is 10.1 Å². The van der Waals surface area contributed by atoms with Crippen LogP contribution in [-0.2, 0) is 16.0 Å². The number of carboxylic acid groups (broad SMARTS) is 1. The molecule has 2 heterocycles. The average molecular weight is 497 g/mol. The number of nitrogens with zero attached hydrogens (tertiary/aromatic N) is 5. The fraction of sp³-hybridized carbons (Fsp3) is 0.292. The molecule has 11 heteroatoms. The molecule has 2 aromatic carbocycles. The highest BCUT2D eigenvalue weighted by Crippen LogP contribution is 2.25. The second-order valence-corrected chi connectivity index (χ2v) is 8.45. The molecular weight excluding hydrogens is 472 g/mol. The van der Waals surface area contributed by atoms with Gasteiger partial charge < -0.3 is 19.6 Å². The van der Waals surface area contributed by atoms with Crippen LogP contribution in [0.2, 0.25) is 5.02 Å². The van der Waals surface area contributed by atoms with E-state index in [4.69, 9.17) is 21.4 Å². The zero-order valence-electron chi connectivity index (χ0n) is 19.1. The quantitative estimate of drug-likeness (QED) is 0.503. The highest BCUT2D eigenvalue weighted by molar-refractivity contribution is 6.31. The number of aromatic nitrogens is 3. The Kier molecular flexibility index (Phi) is 7.61. The first-order chi connectivity index (χ1) is 16.9. The van der Waals surface area contributed by atoms with E-state index in [1.165, 1.54) is 6.20 Å². The lowest BCUT2D eigenvalue weighted by atomic mass is 10.1. The zero-order chi connectivity index (χ0) is 24.8. The molecule has 1 atom stereocenters. The molecule has 0 saturated carbocycles. The van der Waals surface area contributed by atoms with E-state index in [1.807, 2.05) is 41.3 Å². The van der Waals surface area contributed by atoms with Gasteiger partial charge in [0.25, 0.3) is 0 Å². The first kappa shape index (κ1) is 24.2. The molecule has 4 rings (SSSR count). The van der Waals surface area contributed by atoms with Gasteiger partial charge in [0.1, 0.15) is 6.10 Å². The predicted molar refractivity (Wildman–Crippen MR) is 132 cm³/mol. The summed E-state index contributed by atoms with van der Waals surface area (Å²) in [5.74, 6) is -0.193. The van der Waals surface area contributed by atoms with E-state index in [1.54, 1.807) is 19.1 Å². The van der Waals surface area contributed by atoms with Crippen LogP contribution in [0.4, 0.5) is 22.2 Å². The molecule has 2 N–H and O–H groups in total. The van der Waals surface area contributed by atoms with Crippen LogP contribution in [0, 0.1) is 0 Å². The summed E-state index contributed by atoms with van der Waals surface area (Å²) in [4.78, 5) is 31.8. The SMILES string of the molecule is CC(OC(=O)Nc1cnnc(N2CCN(c3ccc(CC(=O)O)cc3)CC2)n1)c1ccccc1Cl. The Morgan fingerprint density at radius 2 is 1.77 bits per heavy atom. The summed E-state index contributed by atoms with van der Waals surface area (Å²) in [5, 5.41) is 20.1. The maximum Gasteiger partial charge on any atom is 0.413 e. The van der Waals surface area contributed by atoms with E-state index < -0.39 is 18.2 Å². The number of benzene rings is 2. The molecule has 1 unspecified atom stereocenters.